The average molecular weight is 776 g/mol. The molecule has 0 atom stereocenters. The monoisotopic (exact) mass is 775 g/mol. The van der Waals surface area contributed by atoms with Gasteiger partial charge in [-0.2, -0.15) is 13.8 Å². The Balaban J connectivity index is 0.00000463. The zero-order valence-electron chi connectivity index (χ0n) is 33.7. The van der Waals surface area contributed by atoms with Gasteiger partial charge in [-0.3, -0.25) is 0 Å². The van der Waals surface area contributed by atoms with Gasteiger partial charge in [-0.15, -0.1) is 0 Å². The summed E-state index contributed by atoms with van der Waals surface area (Å²) in [5, 5.41) is 0. The van der Waals surface area contributed by atoms with E-state index in [0.29, 0.717) is 0 Å². The van der Waals surface area contributed by atoms with Crippen LogP contribution in [0.3, 0.4) is 0 Å². The first-order chi connectivity index (χ1) is 24.0. The molecule has 0 saturated heterocycles. The third kappa shape index (κ3) is 17.6. The van der Waals surface area contributed by atoms with Crippen molar-refractivity contribution in [2.24, 2.45) is 0 Å². The summed E-state index contributed by atoms with van der Waals surface area (Å²) in [5.74, 6) is 0. The van der Waals surface area contributed by atoms with E-state index in [4.69, 9.17) is 0 Å². The Hall–Kier alpha value is -1.82. The van der Waals surface area contributed by atoms with E-state index in [0.717, 1.165) is 49.9 Å². The van der Waals surface area contributed by atoms with E-state index in [-0.39, 0.29) is 20.4 Å². The Kier molecular flexibility index (Phi) is 29.7. The van der Waals surface area contributed by atoms with Gasteiger partial charge in [0, 0.05) is 22.8 Å². The fourth-order valence-corrected chi connectivity index (χ4v) is 6.88. The van der Waals surface area contributed by atoms with Gasteiger partial charge in [-0.1, -0.05) is 124 Å². The summed E-state index contributed by atoms with van der Waals surface area (Å²) in [6.45, 7) is 21.4. The zero-order chi connectivity index (χ0) is 36.3. The molecule has 3 rings (SSSR count). The number of rotatable bonds is 24. The Labute approximate surface area is 325 Å². The van der Waals surface area contributed by atoms with E-state index >= 15 is 0 Å². The minimum Gasteiger partial charge on any atom is -0.493 e. The molecule has 0 unspecified atom stereocenters. The van der Waals surface area contributed by atoms with Crippen molar-refractivity contribution in [3.05, 3.63) is 101 Å². The topological polar surface area (TPSA) is 25.3 Å². The summed E-state index contributed by atoms with van der Waals surface area (Å²) in [6, 6.07) is 14.4. The Bertz CT molecular complexity index is 1240. The molecule has 0 bridgehead atoms. The number of unbranched alkanes of at least 4 members (excludes halogenated alkanes) is 12. The Morgan fingerprint density at radius 1 is 0.440 bits per heavy atom. The van der Waals surface area contributed by atoms with Crippen molar-refractivity contribution in [2.75, 3.05) is 0 Å². The molecule has 0 saturated carbocycles. The SMILES string of the molecule is CCCCCCc1cc(CCCCC)cc(C2=CC(CCCCC)=C(c3cc(CCCCC)cc(CCCCCC)c3)[N+]2=[N-])c1.[CH2-]C.[CH2-]C.[Pd+2]. The number of aryl methyl sites for hydroxylation is 4. The number of nitrogens with zero attached hydrogens (tertiary/aromatic N) is 2. The fraction of sp³-hybridized carbons (Fsp3) is 0.617. The molecule has 1 aliphatic heterocycles. The molecule has 1 aliphatic rings. The van der Waals surface area contributed by atoms with Crippen molar-refractivity contribution in [2.45, 2.75) is 190 Å². The predicted octanol–water partition coefficient (Wildman–Crippen LogP) is 15.5. The summed E-state index contributed by atoms with van der Waals surface area (Å²) >= 11 is 0. The van der Waals surface area contributed by atoms with E-state index in [1.807, 2.05) is 0 Å². The van der Waals surface area contributed by atoms with Gasteiger partial charge in [-0.05, 0) is 111 Å². The number of hydrogen-bond donors (Lipinski definition) is 0. The fourth-order valence-electron chi connectivity index (χ4n) is 6.88. The van der Waals surface area contributed by atoms with Gasteiger partial charge >= 0.3 is 20.4 Å². The zero-order valence-corrected chi connectivity index (χ0v) is 35.3. The average Bonchev–Trinajstić information content (AvgIpc) is 3.46. The normalized spacial score (nSPS) is 12.2. The largest absolute Gasteiger partial charge is 2.00 e. The van der Waals surface area contributed by atoms with Crippen molar-refractivity contribution in [3.8, 4) is 0 Å². The summed E-state index contributed by atoms with van der Waals surface area (Å²) in [5.41, 5.74) is 23.5. The van der Waals surface area contributed by atoms with E-state index in [9.17, 15) is 5.53 Å². The van der Waals surface area contributed by atoms with Crippen LogP contribution in [-0.2, 0) is 46.1 Å². The second kappa shape index (κ2) is 30.8. The smallest absolute Gasteiger partial charge is 0.493 e. The maximum Gasteiger partial charge on any atom is 2.00 e. The molecule has 2 aromatic rings. The summed E-state index contributed by atoms with van der Waals surface area (Å²) in [6.07, 6.45) is 29.1. The number of benzene rings is 2. The Morgan fingerprint density at radius 2 is 0.760 bits per heavy atom. The Morgan fingerprint density at radius 3 is 1.14 bits per heavy atom. The minimum atomic E-state index is 0. The van der Waals surface area contributed by atoms with Gasteiger partial charge in [0.1, 0.15) is 0 Å². The van der Waals surface area contributed by atoms with Crippen LogP contribution < -0.4 is 0 Å². The molecule has 2 aromatic carbocycles. The molecular formula is C47H76N2Pd. The van der Waals surface area contributed by atoms with Crippen molar-refractivity contribution >= 4 is 11.4 Å². The van der Waals surface area contributed by atoms with Crippen LogP contribution in [0.4, 0.5) is 0 Å². The van der Waals surface area contributed by atoms with Gasteiger partial charge in [0.05, 0.1) is 0 Å². The second-order valence-corrected chi connectivity index (χ2v) is 13.8. The van der Waals surface area contributed by atoms with E-state index < -0.39 is 0 Å². The minimum absolute atomic E-state index is 0. The molecular weight excluding hydrogens is 699 g/mol. The molecule has 0 aliphatic carbocycles. The molecule has 0 radical (unpaired) electrons. The summed E-state index contributed by atoms with van der Waals surface area (Å²) in [7, 11) is 0. The molecule has 284 valence electrons. The van der Waals surface area contributed by atoms with Gasteiger partial charge in [-0.25, -0.2) is 4.70 Å². The van der Waals surface area contributed by atoms with Crippen molar-refractivity contribution in [1.29, 1.82) is 0 Å². The van der Waals surface area contributed by atoms with Crippen LogP contribution in [0, 0.1) is 13.8 Å². The molecule has 0 N–H and O–H groups in total. The van der Waals surface area contributed by atoms with Crippen LogP contribution in [0.25, 0.3) is 16.9 Å². The van der Waals surface area contributed by atoms with Crippen molar-refractivity contribution < 1.29 is 25.1 Å². The second-order valence-electron chi connectivity index (χ2n) is 13.8. The molecule has 2 nitrogen and oxygen atoms in total. The first-order valence-electron chi connectivity index (χ1n) is 20.7. The van der Waals surface area contributed by atoms with Crippen LogP contribution in [0.15, 0.2) is 48.0 Å². The summed E-state index contributed by atoms with van der Waals surface area (Å²) < 4.78 is 1.57. The van der Waals surface area contributed by atoms with Crippen molar-refractivity contribution in [1.82, 2.24) is 0 Å². The summed E-state index contributed by atoms with van der Waals surface area (Å²) in [4.78, 5) is 0. The quantitative estimate of drug-likeness (QED) is 0.0439. The van der Waals surface area contributed by atoms with Crippen LogP contribution in [0.2, 0.25) is 0 Å². The van der Waals surface area contributed by atoms with Crippen molar-refractivity contribution in [3.63, 3.8) is 0 Å². The molecule has 0 spiro atoms. The standard InChI is InChI=1S/C43H66N2.2C2H5.Pd/c1-6-11-16-21-25-36-28-35(23-18-13-8-3)30-40(31-36)42-34-39(27-20-15-10-5)43(45(42)44)41-32-37(24-19-14-9-4)29-38(33-41)26-22-17-12-7-2;2*1-2;/h28-34H,6-27H2,1-5H3;2*1H2,2H3;/q;2*-1;+2. The van der Waals surface area contributed by atoms with E-state index in [2.05, 4.69) is 90.9 Å². The molecule has 50 heavy (non-hydrogen) atoms. The van der Waals surface area contributed by atoms with Crippen LogP contribution in [0.1, 0.15) is 197 Å². The van der Waals surface area contributed by atoms with Gasteiger partial charge in [0.15, 0.2) is 0 Å². The maximum atomic E-state index is 12.1. The molecule has 0 aromatic heterocycles. The first kappa shape index (κ1) is 48.2. The molecule has 0 fully saturated rings. The molecule has 3 heteroatoms. The predicted molar refractivity (Wildman–Crippen MR) is 220 cm³/mol. The van der Waals surface area contributed by atoms with Gasteiger partial charge in [0.25, 0.3) is 0 Å². The third-order valence-corrected chi connectivity index (χ3v) is 9.56. The van der Waals surface area contributed by atoms with Crippen LogP contribution in [-0.4, -0.2) is 4.70 Å². The van der Waals surface area contributed by atoms with E-state index in [1.165, 1.54) is 142 Å². The molecule has 1 heterocycles. The van der Waals surface area contributed by atoms with Crippen LogP contribution in [0.5, 0.6) is 0 Å². The molecule has 0 amide bonds. The van der Waals surface area contributed by atoms with Gasteiger partial charge in [0.2, 0.25) is 11.4 Å². The van der Waals surface area contributed by atoms with Crippen LogP contribution >= 0.6 is 0 Å². The number of allylic oxidation sites excluding steroid dienone is 2. The number of hydrogen-bond acceptors (Lipinski definition) is 0. The maximum absolute atomic E-state index is 12.1. The third-order valence-electron chi connectivity index (χ3n) is 9.56. The van der Waals surface area contributed by atoms with E-state index in [1.54, 1.807) is 18.5 Å². The van der Waals surface area contributed by atoms with Gasteiger partial charge < -0.3 is 19.4 Å². The first-order valence-corrected chi connectivity index (χ1v) is 20.7.